The van der Waals surface area contributed by atoms with E-state index in [0.717, 1.165) is 16.6 Å². The van der Waals surface area contributed by atoms with Gasteiger partial charge in [-0.15, -0.1) is 0 Å². The van der Waals surface area contributed by atoms with Crippen molar-refractivity contribution in [1.82, 2.24) is 4.98 Å². The number of hydrogen-bond donors (Lipinski definition) is 2. The fourth-order valence-corrected chi connectivity index (χ4v) is 1.37. The standard InChI is InChI=1S/C10H11FN2/c1-6(12)10-5-7-4-8(11)2-3-9(7)13-10/h2-6,13H,12H2,1H3/t6-/m1/s1. The van der Waals surface area contributed by atoms with Crippen LogP contribution in [0.1, 0.15) is 18.7 Å². The lowest BCUT2D eigenvalue weighted by Gasteiger charge is -1.98. The number of halogens is 1. The van der Waals surface area contributed by atoms with Crippen LogP contribution in [0.5, 0.6) is 0 Å². The van der Waals surface area contributed by atoms with Gasteiger partial charge in [0, 0.05) is 22.6 Å². The van der Waals surface area contributed by atoms with Gasteiger partial charge < -0.3 is 10.7 Å². The van der Waals surface area contributed by atoms with Gasteiger partial charge in [0.05, 0.1) is 0 Å². The van der Waals surface area contributed by atoms with Crippen molar-refractivity contribution >= 4 is 10.9 Å². The first kappa shape index (κ1) is 8.26. The zero-order chi connectivity index (χ0) is 9.42. The Bertz CT molecular complexity index is 431. The van der Waals surface area contributed by atoms with E-state index in [-0.39, 0.29) is 11.9 Å². The number of hydrogen-bond acceptors (Lipinski definition) is 1. The Morgan fingerprint density at radius 1 is 1.38 bits per heavy atom. The van der Waals surface area contributed by atoms with Crippen LogP contribution in [-0.2, 0) is 0 Å². The Morgan fingerprint density at radius 2 is 2.15 bits per heavy atom. The van der Waals surface area contributed by atoms with Crippen LogP contribution < -0.4 is 5.73 Å². The second-order valence-electron chi connectivity index (χ2n) is 3.24. The van der Waals surface area contributed by atoms with E-state index in [1.54, 1.807) is 6.07 Å². The van der Waals surface area contributed by atoms with Crippen LogP contribution in [0.25, 0.3) is 10.9 Å². The predicted octanol–water partition coefficient (Wildman–Crippen LogP) is 2.33. The lowest BCUT2D eigenvalue weighted by atomic mass is 10.2. The van der Waals surface area contributed by atoms with E-state index in [0.29, 0.717) is 0 Å². The molecule has 3 N–H and O–H groups in total. The average molecular weight is 178 g/mol. The molecule has 2 aromatic rings. The van der Waals surface area contributed by atoms with E-state index in [1.807, 2.05) is 13.0 Å². The SMILES string of the molecule is C[C@@H](N)c1cc2cc(F)ccc2[nH]1. The van der Waals surface area contributed by atoms with Gasteiger partial charge >= 0.3 is 0 Å². The predicted molar refractivity (Wildman–Crippen MR) is 50.9 cm³/mol. The second-order valence-corrected chi connectivity index (χ2v) is 3.24. The molecule has 0 spiro atoms. The lowest BCUT2D eigenvalue weighted by molar-refractivity contribution is 0.630. The molecule has 1 aromatic carbocycles. The number of aromatic amines is 1. The number of nitrogens with one attached hydrogen (secondary N) is 1. The summed E-state index contributed by atoms with van der Waals surface area (Å²) in [5.41, 5.74) is 7.55. The summed E-state index contributed by atoms with van der Waals surface area (Å²) in [7, 11) is 0. The molecule has 1 heterocycles. The van der Waals surface area contributed by atoms with E-state index >= 15 is 0 Å². The maximum atomic E-state index is 12.8. The van der Waals surface area contributed by atoms with Crippen molar-refractivity contribution in [3.05, 3.63) is 35.8 Å². The summed E-state index contributed by atoms with van der Waals surface area (Å²) in [4.78, 5) is 3.13. The molecule has 0 aliphatic carbocycles. The molecule has 2 nitrogen and oxygen atoms in total. The summed E-state index contributed by atoms with van der Waals surface area (Å²) in [6, 6.07) is 6.48. The molecule has 68 valence electrons. The van der Waals surface area contributed by atoms with E-state index in [4.69, 9.17) is 5.73 Å². The molecule has 0 aliphatic heterocycles. The van der Waals surface area contributed by atoms with Gasteiger partial charge in [-0.05, 0) is 31.2 Å². The average Bonchev–Trinajstić information content (AvgIpc) is 2.46. The van der Waals surface area contributed by atoms with Gasteiger partial charge in [-0.1, -0.05) is 0 Å². The van der Waals surface area contributed by atoms with Crippen molar-refractivity contribution in [2.75, 3.05) is 0 Å². The molecule has 1 atom stereocenters. The molecular formula is C10H11FN2. The Morgan fingerprint density at radius 3 is 2.85 bits per heavy atom. The maximum Gasteiger partial charge on any atom is 0.123 e. The fraction of sp³-hybridized carbons (Fsp3) is 0.200. The monoisotopic (exact) mass is 178 g/mol. The highest BCUT2D eigenvalue weighted by Gasteiger charge is 2.04. The zero-order valence-electron chi connectivity index (χ0n) is 7.34. The highest BCUT2D eigenvalue weighted by Crippen LogP contribution is 2.19. The van der Waals surface area contributed by atoms with Crippen molar-refractivity contribution in [1.29, 1.82) is 0 Å². The van der Waals surface area contributed by atoms with Crippen LogP contribution in [0.3, 0.4) is 0 Å². The largest absolute Gasteiger partial charge is 0.357 e. The number of fused-ring (bicyclic) bond motifs is 1. The summed E-state index contributed by atoms with van der Waals surface area (Å²) in [5.74, 6) is -0.220. The topological polar surface area (TPSA) is 41.8 Å². The summed E-state index contributed by atoms with van der Waals surface area (Å²) in [5, 5.41) is 0.868. The van der Waals surface area contributed by atoms with Gasteiger partial charge in [-0.3, -0.25) is 0 Å². The summed E-state index contributed by atoms with van der Waals surface area (Å²) in [6.45, 7) is 1.89. The van der Waals surface area contributed by atoms with E-state index in [9.17, 15) is 4.39 Å². The quantitative estimate of drug-likeness (QED) is 0.691. The Balaban J connectivity index is 2.62. The molecule has 0 aliphatic rings. The van der Waals surface area contributed by atoms with Gasteiger partial charge in [0.2, 0.25) is 0 Å². The third-order valence-corrected chi connectivity index (χ3v) is 2.09. The Hall–Kier alpha value is -1.35. The van der Waals surface area contributed by atoms with Crippen LogP contribution in [-0.4, -0.2) is 4.98 Å². The molecule has 3 heteroatoms. The molecule has 0 bridgehead atoms. The number of aromatic nitrogens is 1. The minimum atomic E-state index is -0.220. The molecular weight excluding hydrogens is 167 g/mol. The van der Waals surface area contributed by atoms with Crippen molar-refractivity contribution in [3.8, 4) is 0 Å². The minimum Gasteiger partial charge on any atom is -0.357 e. The molecule has 1 aromatic heterocycles. The van der Waals surface area contributed by atoms with E-state index < -0.39 is 0 Å². The first-order valence-electron chi connectivity index (χ1n) is 4.20. The molecule has 0 fully saturated rings. The van der Waals surface area contributed by atoms with Crippen molar-refractivity contribution < 1.29 is 4.39 Å². The first-order valence-corrected chi connectivity index (χ1v) is 4.20. The van der Waals surface area contributed by atoms with Gasteiger partial charge in [0.1, 0.15) is 5.82 Å². The van der Waals surface area contributed by atoms with Crippen molar-refractivity contribution in [2.24, 2.45) is 5.73 Å². The van der Waals surface area contributed by atoms with Crippen LogP contribution in [0.4, 0.5) is 4.39 Å². The highest BCUT2D eigenvalue weighted by atomic mass is 19.1. The number of H-pyrrole nitrogens is 1. The van der Waals surface area contributed by atoms with Gasteiger partial charge in [-0.2, -0.15) is 0 Å². The highest BCUT2D eigenvalue weighted by molar-refractivity contribution is 5.80. The van der Waals surface area contributed by atoms with Crippen LogP contribution in [0.2, 0.25) is 0 Å². The van der Waals surface area contributed by atoms with Crippen LogP contribution in [0.15, 0.2) is 24.3 Å². The van der Waals surface area contributed by atoms with Crippen LogP contribution in [0, 0.1) is 5.82 Å². The Labute approximate surface area is 75.6 Å². The van der Waals surface area contributed by atoms with Crippen molar-refractivity contribution in [3.63, 3.8) is 0 Å². The molecule has 0 unspecified atom stereocenters. The zero-order valence-corrected chi connectivity index (χ0v) is 7.34. The third kappa shape index (κ3) is 1.42. The number of rotatable bonds is 1. The maximum absolute atomic E-state index is 12.8. The van der Waals surface area contributed by atoms with Gasteiger partial charge in [0.25, 0.3) is 0 Å². The smallest absolute Gasteiger partial charge is 0.123 e. The molecule has 13 heavy (non-hydrogen) atoms. The van der Waals surface area contributed by atoms with Crippen molar-refractivity contribution in [2.45, 2.75) is 13.0 Å². The van der Waals surface area contributed by atoms with Gasteiger partial charge in [0.15, 0.2) is 0 Å². The fourth-order valence-electron chi connectivity index (χ4n) is 1.37. The van der Waals surface area contributed by atoms with E-state index in [2.05, 4.69) is 4.98 Å². The third-order valence-electron chi connectivity index (χ3n) is 2.09. The summed E-state index contributed by atoms with van der Waals surface area (Å²) >= 11 is 0. The summed E-state index contributed by atoms with van der Waals surface area (Å²) < 4.78 is 12.8. The molecule has 0 amide bonds. The second kappa shape index (κ2) is 2.85. The summed E-state index contributed by atoms with van der Waals surface area (Å²) in [6.07, 6.45) is 0. The van der Waals surface area contributed by atoms with Crippen LogP contribution >= 0.6 is 0 Å². The first-order chi connectivity index (χ1) is 6.16. The number of benzene rings is 1. The van der Waals surface area contributed by atoms with E-state index in [1.165, 1.54) is 12.1 Å². The number of nitrogens with two attached hydrogens (primary N) is 1. The van der Waals surface area contributed by atoms with Gasteiger partial charge in [-0.25, -0.2) is 4.39 Å². The normalized spacial score (nSPS) is 13.5. The molecule has 2 rings (SSSR count). The Kier molecular flexibility index (Phi) is 1.81. The molecule has 0 radical (unpaired) electrons. The lowest BCUT2D eigenvalue weighted by Crippen LogP contribution is -2.04. The minimum absolute atomic E-state index is 0.0459. The molecule has 0 saturated carbocycles. The molecule has 0 saturated heterocycles.